The summed E-state index contributed by atoms with van der Waals surface area (Å²) in [5.41, 5.74) is 2.30. The summed E-state index contributed by atoms with van der Waals surface area (Å²) in [5, 5.41) is 18.9. The molecule has 15 heteroatoms. The minimum atomic E-state index is -1.15. The highest BCUT2D eigenvalue weighted by atomic mass is 16.6. The van der Waals surface area contributed by atoms with Crippen molar-refractivity contribution < 1.29 is 53.1 Å². The molecule has 15 nitrogen and oxygen atoms in total. The van der Waals surface area contributed by atoms with Gasteiger partial charge < -0.3 is 53.5 Å². The highest BCUT2D eigenvalue weighted by Gasteiger charge is 2.31. The van der Waals surface area contributed by atoms with Gasteiger partial charge in [-0.1, -0.05) is 0 Å². The topological polar surface area (TPSA) is 168 Å². The number of carboxylic acids is 1. The number of cyclic esters (lactones) is 1. The maximum absolute atomic E-state index is 12.2. The number of anilines is 2. The maximum Gasteiger partial charge on any atom is 0.410 e. The van der Waals surface area contributed by atoms with Gasteiger partial charge in [0.2, 0.25) is 0 Å². The number of methoxy groups -OCH3 is 2. The Kier molecular flexibility index (Phi) is 12.2. The lowest BCUT2D eigenvalue weighted by molar-refractivity contribution is 0.0230. The summed E-state index contributed by atoms with van der Waals surface area (Å²) in [5.74, 6) is -0.751. The van der Waals surface area contributed by atoms with Crippen molar-refractivity contribution in [1.29, 1.82) is 0 Å². The van der Waals surface area contributed by atoms with Crippen molar-refractivity contribution in [2.75, 3.05) is 76.4 Å². The molecule has 2 saturated heterocycles. The number of rotatable bonds is 6. The number of carboxylic acid groups (broad SMARTS) is 1. The molecule has 5 rings (SSSR count). The molecular formula is C36H50N4O11. The van der Waals surface area contributed by atoms with E-state index in [4.69, 9.17) is 23.7 Å². The molecule has 2 N–H and O–H groups in total. The van der Waals surface area contributed by atoms with Gasteiger partial charge in [0.25, 0.3) is 0 Å². The molecule has 280 valence electrons. The molecule has 0 aliphatic carbocycles. The molecule has 2 aromatic rings. The predicted molar refractivity (Wildman–Crippen MR) is 188 cm³/mol. The maximum atomic E-state index is 12.2. The first-order valence-electron chi connectivity index (χ1n) is 16.8. The van der Waals surface area contributed by atoms with Crippen molar-refractivity contribution >= 4 is 35.5 Å². The van der Waals surface area contributed by atoms with Gasteiger partial charge in [0.15, 0.2) is 0 Å². The van der Waals surface area contributed by atoms with Crippen molar-refractivity contribution in [2.24, 2.45) is 0 Å². The Labute approximate surface area is 298 Å². The number of amides is 2. The molecule has 0 saturated carbocycles. The molecule has 2 amide bonds. The highest BCUT2D eigenvalue weighted by Crippen LogP contribution is 2.35. The zero-order valence-electron chi connectivity index (χ0n) is 30.7. The van der Waals surface area contributed by atoms with Crippen LogP contribution in [0.1, 0.15) is 73.4 Å². The summed E-state index contributed by atoms with van der Waals surface area (Å²) >= 11 is 0. The fraction of sp³-hybridized carbons (Fsp3) is 0.556. The minimum absolute atomic E-state index is 0.0360. The molecule has 0 unspecified atom stereocenters. The van der Waals surface area contributed by atoms with E-state index in [1.807, 2.05) is 58.6 Å². The van der Waals surface area contributed by atoms with Crippen LogP contribution < -0.4 is 19.3 Å². The van der Waals surface area contributed by atoms with E-state index in [-0.39, 0.29) is 36.1 Å². The number of hydrogen-bond donors (Lipinski definition) is 2. The Hall–Kier alpha value is -4.92. The molecule has 51 heavy (non-hydrogen) atoms. The fourth-order valence-corrected chi connectivity index (χ4v) is 5.88. The number of carbonyl (C=O) groups excluding carboxylic acids is 3. The number of carbonyl (C=O) groups is 4. The third kappa shape index (κ3) is 9.87. The van der Waals surface area contributed by atoms with Crippen LogP contribution in [0.4, 0.5) is 21.0 Å². The second-order valence-electron chi connectivity index (χ2n) is 14.3. The van der Waals surface area contributed by atoms with Crippen molar-refractivity contribution in [3.63, 3.8) is 0 Å². The normalized spacial score (nSPS) is 16.1. The average molecular weight is 715 g/mol. The Bertz CT molecular complexity index is 1570. The number of benzene rings is 2. The molecule has 0 bridgehead atoms. The van der Waals surface area contributed by atoms with E-state index in [0.29, 0.717) is 69.2 Å². The first kappa shape index (κ1) is 38.9. The van der Waals surface area contributed by atoms with Gasteiger partial charge in [0.05, 0.1) is 20.8 Å². The first-order valence-corrected chi connectivity index (χ1v) is 16.8. The molecule has 3 aliphatic rings. The number of ether oxygens (including phenoxy) is 5. The van der Waals surface area contributed by atoms with Crippen LogP contribution in [-0.2, 0) is 27.4 Å². The standard InChI is InChI=1S/C18H26N2O6.C18H24N2O5/c1-18(2,3)26-17(24)20-7-5-19(6-8-20)13-9-12(11-21)15(16(22)23)14(10-13)25-4;1-18(2,3)25-17(22)20-7-5-19(6-8-20)13-9-12-11-24-16(21)15(12)14(10-13)23-4/h9-10,21H,5-8,11H2,1-4H3,(H,22,23);9-10H,5-8,11H2,1-4H3. The molecule has 2 fully saturated rings. The lowest BCUT2D eigenvalue weighted by Crippen LogP contribution is -2.50. The second kappa shape index (κ2) is 16.0. The van der Waals surface area contributed by atoms with Crippen molar-refractivity contribution in [2.45, 2.75) is 66.0 Å². The quantitative estimate of drug-likeness (QED) is 0.320. The number of aliphatic hydroxyl groups is 1. The monoisotopic (exact) mass is 714 g/mol. The van der Waals surface area contributed by atoms with E-state index in [1.54, 1.807) is 29.0 Å². The number of piperazine rings is 2. The van der Waals surface area contributed by atoms with Gasteiger partial charge in [0.1, 0.15) is 40.4 Å². The number of fused-ring (bicyclic) bond motifs is 1. The largest absolute Gasteiger partial charge is 0.496 e. The van der Waals surface area contributed by atoms with Gasteiger partial charge >= 0.3 is 24.1 Å². The third-order valence-electron chi connectivity index (χ3n) is 8.32. The van der Waals surface area contributed by atoms with E-state index in [2.05, 4.69) is 4.90 Å². The van der Waals surface area contributed by atoms with Crippen molar-refractivity contribution in [3.05, 3.63) is 46.5 Å². The molecule has 2 aromatic carbocycles. The number of nitrogens with zero attached hydrogens (tertiary/aromatic N) is 4. The van der Waals surface area contributed by atoms with Crippen LogP contribution in [0.25, 0.3) is 0 Å². The van der Waals surface area contributed by atoms with Crippen LogP contribution in [0.5, 0.6) is 11.5 Å². The van der Waals surface area contributed by atoms with Gasteiger partial charge in [-0.05, 0) is 59.2 Å². The van der Waals surface area contributed by atoms with Crippen LogP contribution >= 0.6 is 0 Å². The number of aromatic carboxylic acids is 1. The van der Waals surface area contributed by atoms with Gasteiger partial charge in [-0.3, -0.25) is 0 Å². The zero-order valence-corrected chi connectivity index (χ0v) is 30.7. The average Bonchev–Trinajstić information content (AvgIpc) is 3.46. The molecule has 0 aromatic heterocycles. The Morgan fingerprint density at radius 2 is 1.18 bits per heavy atom. The fourth-order valence-electron chi connectivity index (χ4n) is 5.88. The van der Waals surface area contributed by atoms with Gasteiger partial charge in [0, 0.05) is 81.4 Å². The van der Waals surface area contributed by atoms with Crippen LogP contribution in [0.15, 0.2) is 24.3 Å². The van der Waals surface area contributed by atoms with E-state index in [1.165, 1.54) is 7.11 Å². The molecule has 3 heterocycles. The van der Waals surface area contributed by atoms with Gasteiger partial charge in [-0.15, -0.1) is 0 Å². The Morgan fingerprint density at radius 3 is 1.59 bits per heavy atom. The molecule has 3 aliphatic heterocycles. The summed E-state index contributed by atoms with van der Waals surface area (Å²) in [7, 11) is 2.94. The molecule has 0 spiro atoms. The smallest absolute Gasteiger partial charge is 0.410 e. The summed E-state index contributed by atoms with van der Waals surface area (Å²) in [6.07, 6.45) is -0.621. The molecular weight excluding hydrogens is 664 g/mol. The Morgan fingerprint density at radius 1 is 0.725 bits per heavy atom. The molecule has 0 atom stereocenters. The summed E-state index contributed by atoms with van der Waals surface area (Å²) in [6, 6.07) is 7.11. The van der Waals surface area contributed by atoms with Crippen LogP contribution in [0.3, 0.4) is 0 Å². The predicted octanol–water partition coefficient (Wildman–Crippen LogP) is 4.37. The third-order valence-corrected chi connectivity index (χ3v) is 8.32. The first-order chi connectivity index (χ1) is 23.9. The Balaban J connectivity index is 0.000000229. The van der Waals surface area contributed by atoms with Gasteiger partial charge in [-0.2, -0.15) is 0 Å². The van der Waals surface area contributed by atoms with E-state index < -0.39 is 23.8 Å². The van der Waals surface area contributed by atoms with Crippen LogP contribution in [0.2, 0.25) is 0 Å². The zero-order chi connectivity index (χ0) is 37.7. The van der Waals surface area contributed by atoms with E-state index in [9.17, 15) is 29.4 Å². The van der Waals surface area contributed by atoms with E-state index in [0.717, 1.165) is 16.9 Å². The summed E-state index contributed by atoms with van der Waals surface area (Å²) < 4.78 is 26.5. The SMILES string of the molecule is COc1cc(N2CCN(C(=O)OC(C)(C)C)CC2)cc(CO)c1C(=O)O.COc1cc(N2CCN(C(=O)OC(C)(C)C)CC2)cc2c1C(=O)OC2. The highest BCUT2D eigenvalue weighted by molar-refractivity contribution is 5.97. The number of aliphatic hydroxyl groups excluding tert-OH is 1. The summed E-state index contributed by atoms with van der Waals surface area (Å²) in [4.78, 5) is 55.1. The van der Waals surface area contributed by atoms with Crippen LogP contribution in [-0.4, -0.2) is 122 Å². The van der Waals surface area contributed by atoms with Gasteiger partial charge in [-0.25, -0.2) is 19.2 Å². The van der Waals surface area contributed by atoms with Crippen molar-refractivity contribution in [3.8, 4) is 11.5 Å². The molecule has 0 radical (unpaired) electrons. The summed E-state index contributed by atoms with van der Waals surface area (Å²) in [6.45, 7) is 15.6. The van der Waals surface area contributed by atoms with Crippen LogP contribution in [0, 0.1) is 0 Å². The number of esters is 1. The lowest BCUT2D eigenvalue weighted by Gasteiger charge is -2.37. The second-order valence-corrected chi connectivity index (χ2v) is 14.3. The number of hydrogen-bond acceptors (Lipinski definition) is 12. The van der Waals surface area contributed by atoms with E-state index >= 15 is 0 Å². The minimum Gasteiger partial charge on any atom is -0.496 e. The van der Waals surface area contributed by atoms with Crippen molar-refractivity contribution in [1.82, 2.24) is 9.80 Å². The lowest BCUT2D eigenvalue weighted by atomic mass is 10.0.